The van der Waals surface area contributed by atoms with E-state index in [0.29, 0.717) is 6.42 Å². The van der Waals surface area contributed by atoms with E-state index >= 15 is 0 Å². The Labute approximate surface area is 88.7 Å². The van der Waals surface area contributed by atoms with Crippen molar-refractivity contribution in [2.24, 2.45) is 5.73 Å². The Kier molecular flexibility index (Phi) is 1.68. The minimum atomic E-state index is 0.0146. The highest BCUT2D eigenvalue weighted by molar-refractivity contribution is 5.99. The van der Waals surface area contributed by atoms with E-state index in [1.807, 2.05) is 12.1 Å². The Hall–Kier alpha value is -1.35. The molecule has 0 saturated heterocycles. The van der Waals surface area contributed by atoms with E-state index < -0.39 is 0 Å². The van der Waals surface area contributed by atoms with Gasteiger partial charge in [-0.2, -0.15) is 0 Å². The highest BCUT2D eigenvalue weighted by Gasteiger charge is 2.39. The molecule has 0 aromatic heterocycles. The van der Waals surface area contributed by atoms with Crippen molar-refractivity contribution < 1.29 is 4.79 Å². The van der Waals surface area contributed by atoms with Gasteiger partial charge in [-0.05, 0) is 36.5 Å². The predicted octanol–water partition coefficient (Wildman–Crippen LogP) is 1.21. The molecule has 0 bridgehead atoms. The summed E-state index contributed by atoms with van der Waals surface area (Å²) in [4.78, 5) is 11.3. The number of anilines is 1. The number of hydrogen-bond acceptors (Lipinski definition) is 2. The zero-order valence-electron chi connectivity index (χ0n) is 8.55. The molecular weight excluding hydrogens is 188 g/mol. The van der Waals surface area contributed by atoms with Crippen molar-refractivity contribution in [3.05, 3.63) is 29.3 Å². The summed E-state index contributed by atoms with van der Waals surface area (Å²) in [5.74, 6) is 0.0966. The van der Waals surface area contributed by atoms with Gasteiger partial charge in [0.1, 0.15) is 0 Å². The molecule has 0 spiro atoms. The topological polar surface area (TPSA) is 55.1 Å². The van der Waals surface area contributed by atoms with Crippen molar-refractivity contribution in [1.29, 1.82) is 0 Å². The first-order chi connectivity index (χ1) is 7.16. The van der Waals surface area contributed by atoms with Crippen LogP contribution in [0.15, 0.2) is 18.2 Å². The van der Waals surface area contributed by atoms with Crippen molar-refractivity contribution in [2.45, 2.75) is 31.2 Å². The molecule has 0 atom stereocenters. The molecule has 3 heteroatoms. The van der Waals surface area contributed by atoms with Gasteiger partial charge in [0.05, 0.1) is 6.42 Å². The predicted molar refractivity (Wildman–Crippen MR) is 58.6 cm³/mol. The van der Waals surface area contributed by atoms with Crippen LogP contribution in [0.1, 0.15) is 24.0 Å². The van der Waals surface area contributed by atoms with E-state index in [0.717, 1.165) is 30.5 Å². The summed E-state index contributed by atoms with van der Waals surface area (Å²) in [5, 5.41) is 2.86. The van der Waals surface area contributed by atoms with Crippen molar-refractivity contribution in [2.75, 3.05) is 5.32 Å². The van der Waals surface area contributed by atoms with Crippen LogP contribution in [-0.4, -0.2) is 11.4 Å². The molecule has 1 heterocycles. The third-order valence-corrected chi connectivity index (χ3v) is 3.32. The fourth-order valence-corrected chi connectivity index (χ4v) is 2.20. The second-order valence-corrected chi connectivity index (χ2v) is 4.71. The largest absolute Gasteiger partial charge is 0.326 e. The zero-order valence-corrected chi connectivity index (χ0v) is 8.55. The molecule has 3 rings (SSSR count). The second-order valence-electron chi connectivity index (χ2n) is 4.71. The number of amides is 1. The smallest absolute Gasteiger partial charge is 0.228 e. The van der Waals surface area contributed by atoms with Gasteiger partial charge in [-0.15, -0.1) is 0 Å². The van der Waals surface area contributed by atoms with Crippen molar-refractivity contribution in [3.63, 3.8) is 0 Å². The number of carbonyl (C=O) groups is 1. The SMILES string of the molecule is NC1(Cc2cccc3c2CC(=O)N3)CC1. The van der Waals surface area contributed by atoms with Crippen LogP contribution in [0, 0.1) is 0 Å². The molecule has 1 fully saturated rings. The summed E-state index contributed by atoms with van der Waals surface area (Å²) in [6.07, 6.45) is 3.64. The Bertz CT molecular complexity index is 435. The molecule has 1 amide bonds. The van der Waals surface area contributed by atoms with Gasteiger partial charge in [0.25, 0.3) is 0 Å². The molecule has 1 aliphatic carbocycles. The van der Waals surface area contributed by atoms with Gasteiger partial charge in [0.2, 0.25) is 5.91 Å². The lowest BCUT2D eigenvalue weighted by atomic mass is 9.97. The van der Waals surface area contributed by atoms with Gasteiger partial charge in [-0.25, -0.2) is 0 Å². The standard InChI is InChI=1S/C12H14N2O/c13-12(4-5-12)7-8-2-1-3-10-9(8)6-11(15)14-10/h1-3H,4-7,13H2,(H,14,15). The molecule has 0 unspecified atom stereocenters. The van der Waals surface area contributed by atoms with Crippen LogP contribution in [0.25, 0.3) is 0 Å². The average Bonchev–Trinajstić information content (AvgIpc) is 2.76. The van der Waals surface area contributed by atoms with E-state index in [1.54, 1.807) is 0 Å². The van der Waals surface area contributed by atoms with Gasteiger partial charge in [0.15, 0.2) is 0 Å². The minimum Gasteiger partial charge on any atom is -0.326 e. The summed E-state index contributed by atoms with van der Waals surface area (Å²) in [7, 11) is 0. The first-order valence-corrected chi connectivity index (χ1v) is 5.36. The lowest BCUT2D eigenvalue weighted by molar-refractivity contribution is -0.115. The van der Waals surface area contributed by atoms with Crippen LogP contribution in [0.2, 0.25) is 0 Å². The third kappa shape index (κ3) is 1.53. The van der Waals surface area contributed by atoms with Crippen LogP contribution in [0.5, 0.6) is 0 Å². The molecule has 3 N–H and O–H groups in total. The fraction of sp³-hybridized carbons (Fsp3) is 0.417. The number of carbonyl (C=O) groups excluding carboxylic acids is 1. The number of nitrogens with two attached hydrogens (primary N) is 1. The van der Waals surface area contributed by atoms with Crippen LogP contribution in [0.4, 0.5) is 5.69 Å². The summed E-state index contributed by atoms with van der Waals surface area (Å²) in [6, 6.07) is 6.04. The maximum absolute atomic E-state index is 11.3. The average molecular weight is 202 g/mol. The molecule has 15 heavy (non-hydrogen) atoms. The fourth-order valence-electron chi connectivity index (χ4n) is 2.20. The Morgan fingerprint density at radius 1 is 1.40 bits per heavy atom. The molecule has 2 aliphatic rings. The maximum atomic E-state index is 11.3. The normalized spacial score (nSPS) is 21.0. The molecule has 0 radical (unpaired) electrons. The maximum Gasteiger partial charge on any atom is 0.228 e. The van der Waals surface area contributed by atoms with E-state index in [1.165, 1.54) is 5.56 Å². The highest BCUT2D eigenvalue weighted by Crippen LogP contribution is 2.38. The quantitative estimate of drug-likeness (QED) is 0.757. The molecule has 1 aromatic carbocycles. The van der Waals surface area contributed by atoms with Gasteiger partial charge >= 0.3 is 0 Å². The van der Waals surface area contributed by atoms with E-state index in [4.69, 9.17) is 5.73 Å². The van der Waals surface area contributed by atoms with Crippen LogP contribution < -0.4 is 11.1 Å². The van der Waals surface area contributed by atoms with Crippen LogP contribution in [0.3, 0.4) is 0 Å². The first-order valence-electron chi connectivity index (χ1n) is 5.36. The Morgan fingerprint density at radius 3 is 2.93 bits per heavy atom. The summed E-state index contributed by atoms with van der Waals surface area (Å²) < 4.78 is 0. The van der Waals surface area contributed by atoms with Crippen molar-refractivity contribution in [1.82, 2.24) is 0 Å². The monoisotopic (exact) mass is 202 g/mol. The van der Waals surface area contributed by atoms with Crippen LogP contribution >= 0.6 is 0 Å². The minimum absolute atomic E-state index is 0.0146. The molecule has 1 aliphatic heterocycles. The molecule has 78 valence electrons. The number of benzene rings is 1. The molecule has 3 nitrogen and oxygen atoms in total. The van der Waals surface area contributed by atoms with E-state index in [2.05, 4.69) is 11.4 Å². The summed E-state index contributed by atoms with van der Waals surface area (Å²) >= 11 is 0. The van der Waals surface area contributed by atoms with E-state index in [-0.39, 0.29) is 11.4 Å². The number of nitrogens with one attached hydrogen (secondary N) is 1. The van der Waals surface area contributed by atoms with Gasteiger partial charge in [0, 0.05) is 11.2 Å². The lowest BCUT2D eigenvalue weighted by Crippen LogP contribution is -2.25. The van der Waals surface area contributed by atoms with Crippen LogP contribution in [-0.2, 0) is 17.6 Å². The van der Waals surface area contributed by atoms with Gasteiger partial charge in [-0.3, -0.25) is 4.79 Å². The lowest BCUT2D eigenvalue weighted by Gasteiger charge is -2.11. The third-order valence-electron chi connectivity index (χ3n) is 3.32. The Morgan fingerprint density at radius 2 is 2.20 bits per heavy atom. The van der Waals surface area contributed by atoms with Gasteiger partial charge in [-0.1, -0.05) is 12.1 Å². The Balaban J connectivity index is 1.95. The molecular formula is C12H14N2O. The number of fused-ring (bicyclic) bond motifs is 1. The summed E-state index contributed by atoms with van der Waals surface area (Å²) in [5.41, 5.74) is 9.48. The number of hydrogen-bond donors (Lipinski definition) is 2. The second kappa shape index (κ2) is 2.83. The summed E-state index contributed by atoms with van der Waals surface area (Å²) in [6.45, 7) is 0. The van der Waals surface area contributed by atoms with Gasteiger partial charge < -0.3 is 11.1 Å². The van der Waals surface area contributed by atoms with E-state index in [9.17, 15) is 4.79 Å². The van der Waals surface area contributed by atoms with Crippen molar-refractivity contribution >= 4 is 11.6 Å². The highest BCUT2D eigenvalue weighted by atomic mass is 16.1. The molecule has 1 saturated carbocycles. The number of rotatable bonds is 2. The van der Waals surface area contributed by atoms with Crippen molar-refractivity contribution in [3.8, 4) is 0 Å². The zero-order chi connectivity index (χ0) is 10.5. The first kappa shape index (κ1) is 8.92. The molecule has 1 aromatic rings.